The van der Waals surface area contributed by atoms with Crippen LogP contribution in [0.4, 0.5) is 0 Å². The molecule has 5 nitrogen and oxygen atoms in total. The summed E-state index contributed by atoms with van der Waals surface area (Å²) in [6.45, 7) is 3.19. The minimum Gasteiger partial charge on any atom is -0.485 e. The van der Waals surface area contributed by atoms with E-state index in [4.69, 9.17) is 16.3 Å². The molecule has 0 aromatic heterocycles. The summed E-state index contributed by atoms with van der Waals surface area (Å²) in [4.78, 5) is 25.1. The fourth-order valence-electron chi connectivity index (χ4n) is 4.36. The van der Waals surface area contributed by atoms with Gasteiger partial charge in [-0.15, -0.1) is 0 Å². The molecule has 0 bridgehead atoms. The van der Waals surface area contributed by atoms with Crippen LogP contribution in [-0.2, 0) is 4.79 Å². The molecule has 1 heterocycles. The number of carbonyl (C=O) groups excluding carboxylic acids is 2. The molecule has 1 atom stereocenters. The van der Waals surface area contributed by atoms with Crippen LogP contribution in [0, 0.1) is 5.92 Å². The maximum absolute atomic E-state index is 12.7. The molecule has 1 aliphatic carbocycles. The van der Waals surface area contributed by atoms with Gasteiger partial charge in [-0.25, -0.2) is 0 Å². The summed E-state index contributed by atoms with van der Waals surface area (Å²) in [5.74, 6) is 0.755. The van der Waals surface area contributed by atoms with E-state index in [9.17, 15) is 9.59 Å². The van der Waals surface area contributed by atoms with E-state index < -0.39 is 5.60 Å². The van der Waals surface area contributed by atoms with Gasteiger partial charge in [-0.2, -0.15) is 0 Å². The number of nitrogens with one attached hydrogen (secondary N) is 2. The van der Waals surface area contributed by atoms with E-state index in [0.717, 1.165) is 25.7 Å². The SMILES string of the molecule is CC(CNC(=O)C1CCC2(CC1)CNC(=O)c1cc(Cl)ccc1O2)c1ccccc1. The van der Waals surface area contributed by atoms with Gasteiger partial charge < -0.3 is 15.4 Å². The molecule has 2 N–H and O–H groups in total. The Morgan fingerprint density at radius 2 is 1.97 bits per heavy atom. The molecule has 6 heteroatoms. The third-order valence-electron chi connectivity index (χ3n) is 6.30. The second-order valence-electron chi connectivity index (χ2n) is 8.44. The predicted molar refractivity (Wildman–Crippen MR) is 117 cm³/mol. The van der Waals surface area contributed by atoms with Crippen LogP contribution in [0.3, 0.4) is 0 Å². The van der Waals surface area contributed by atoms with Gasteiger partial charge in [-0.3, -0.25) is 9.59 Å². The lowest BCUT2D eigenvalue weighted by Crippen LogP contribution is -2.49. The standard InChI is InChI=1S/C24H27ClN2O3/c1-16(17-5-3-2-4-6-17)14-26-22(28)18-9-11-24(12-10-18)15-27-23(29)20-13-19(25)7-8-21(20)30-24/h2-8,13,16,18H,9-12,14-15H2,1H3,(H,26,28)(H,27,29). The zero-order valence-electron chi connectivity index (χ0n) is 17.1. The van der Waals surface area contributed by atoms with E-state index in [1.807, 2.05) is 18.2 Å². The molecule has 1 spiro atoms. The van der Waals surface area contributed by atoms with Gasteiger partial charge in [0.25, 0.3) is 5.91 Å². The molecule has 1 unspecified atom stereocenters. The Labute approximate surface area is 182 Å². The third kappa shape index (κ3) is 4.46. The van der Waals surface area contributed by atoms with Crippen molar-refractivity contribution in [1.82, 2.24) is 10.6 Å². The first-order valence-electron chi connectivity index (χ1n) is 10.6. The number of carbonyl (C=O) groups is 2. The second-order valence-corrected chi connectivity index (χ2v) is 8.88. The van der Waals surface area contributed by atoms with Crippen molar-refractivity contribution >= 4 is 23.4 Å². The Balaban J connectivity index is 1.34. The zero-order valence-corrected chi connectivity index (χ0v) is 17.9. The van der Waals surface area contributed by atoms with Crippen LogP contribution in [0.2, 0.25) is 5.02 Å². The first-order chi connectivity index (χ1) is 14.5. The largest absolute Gasteiger partial charge is 0.485 e. The van der Waals surface area contributed by atoms with Crippen LogP contribution in [0.25, 0.3) is 0 Å². The highest BCUT2D eigenvalue weighted by Gasteiger charge is 2.42. The summed E-state index contributed by atoms with van der Waals surface area (Å²) in [5.41, 5.74) is 1.22. The van der Waals surface area contributed by atoms with Gasteiger partial charge >= 0.3 is 0 Å². The van der Waals surface area contributed by atoms with Gasteiger partial charge in [0.05, 0.1) is 12.1 Å². The maximum Gasteiger partial charge on any atom is 0.255 e. The smallest absolute Gasteiger partial charge is 0.255 e. The highest BCUT2D eigenvalue weighted by molar-refractivity contribution is 6.31. The minimum atomic E-state index is -0.469. The Morgan fingerprint density at radius 3 is 2.70 bits per heavy atom. The lowest BCUT2D eigenvalue weighted by atomic mass is 9.78. The van der Waals surface area contributed by atoms with Crippen molar-refractivity contribution in [2.24, 2.45) is 5.92 Å². The summed E-state index contributed by atoms with van der Waals surface area (Å²) in [5, 5.41) is 6.59. The van der Waals surface area contributed by atoms with Gasteiger partial charge in [-0.05, 0) is 55.4 Å². The fraction of sp³-hybridized carbons (Fsp3) is 0.417. The van der Waals surface area contributed by atoms with Crippen molar-refractivity contribution in [3.8, 4) is 5.75 Å². The number of hydrogen-bond acceptors (Lipinski definition) is 3. The Hall–Kier alpha value is -2.53. The molecular weight excluding hydrogens is 400 g/mol. The van der Waals surface area contributed by atoms with E-state index in [0.29, 0.717) is 29.4 Å². The first-order valence-corrected chi connectivity index (χ1v) is 10.9. The highest BCUT2D eigenvalue weighted by atomic mass is 35.5. The molecule has 2 aliphatic rings. The molecule has 4 rings (SSSR count). The average molecular weight is 427 g/mol. The predicted octanol–water partition coefficient (Wildman–Crippen LogP) is 4.31. The fourth-order valence-corrected chi connectivity index (χ4v) is 4.53. The number of halogens is 1. The van der Waals surface area contributed by atoms with Crippen LogP contribution >= 0.6 is 11.6 Å². The van der Waals surface area contributed by atoms with Crippen LogP contribution in [0.5, 0.6) is 5.75 Å². The van der Waals surface area contributed by atoms with Crippen LogP contribution in [-0.4, -0.2) is 30.5 Å². The zero-order chi connectivity index (χ0) is 21.1. The molecule has 158 valence electrons. The van der Waals surface area contributed by atoms with Gasteiger partial charge in [0.2, 0.25) is 5.91 Å². The van der Waals surface area contributed by atoms with Crippen LogP contribution in [0.15, 0.2) is 48.5 Å². The molecular formula is C24H27ClN2O3. The number of amides is 2. The Kier molecular flexibility index (Phi) is 6.00. The Morgan fingerprint density at radius 1 is 1.23 bits per heavy atom. The molecule has 2 amide bonds. The van der Waals surface area contributed by atoms with Crippen molar-refractivity contribution < 1.29 is 14.3 Å². The van der Waals surface area contributed by atoms with Crippen molar-refractivity contribution in [2.45, 2.75) is 44.1 Å². The molecule has 1 aliphatic heterocycles. The molecule has 0 radical (unpaired) electrons. The molecule has 1 fully saturated rings. The topological polar surface area (TPSA) is 67.4 Å². The molecule has 2 aromatic carbocycles. The summed E-state index contributed by atoms with van der Waals surface area (Å²) in [7, 11) is 0. The summed E-state index contributed by atoms with van der Waals surface area (Å²) < 4.78 is 6.32. The first kappa shape index (κ1) is 20.7. The van der Waals surface area contributed by atoms with Gasteiger partial charge in [0.1, 0.15) is 11.4 Å². The van der Waals surface area contributed by atoms with E-state index in [1.54, 1.807) is 18.2 Å². The van der Waals surface area contributed by atoms with E-state index in [-0.39, 0.29) is 23.7 Å². The van der Waals surface area contributed by atoms with Crippen LogP contribution < -0.4 is 15.4 Å². The molecule has 2 aromatic rings. The summed E-state index contributed by atoms with van der Waals surface area (Å²) >= 11 is 6.04. The number of benzene rings is 2. The Bertz CT molecular complexity index is 923. The monoisotopic (exact) mass is 426 g/mol. The number of rotatable bonds is 4. The van der Waals surface area contributed by atoms with Crippen molar-refractivity contribution in [3.05, 3.63) is 64.7 Å². The number of hydrogen-bond donors (Lipinski definition) is 2. The summed E-state index contributed by atoms with van der Waals surface area (Å²) in [6, 6.07) is 15.3. The minimum absolute atomic E-state index is 0.0224. The lowest BCUT2D eigenvalue weighted by Gasteiger charge is -2.39. The lowest BCUT2D eigenvalue weighted by molar-refractivity contribution is -0.127. The average Bonchev–Trinajstić information content (AvgIpc) is 2.90. The van der Waals surface area contributed by atoms with Gasteiger partial charge in [0.15, 0.2) is 0 Å². The molecule has 1 saturated carbocycles. The van der Waals surface area contributed by atoms with Crippen molar-refractivity contribution in [3.63, 3.8) is 0 Å². The van der Waals surface area contributed by atoms with Crippen LogP contribution in [0.1, 0.15) is 54.4 Å². The number of ether oxygens (including phenoxy) is 1. The van der Waals surface area contributed by atoms with E-state index >= 15 is 0 Å². The second kappa shape index (κ2) is 8.68. The van der Waals surface area contributed by atoms with E-state index in [2.05, 4.69) is 29.7 Å². The van der Waals surface area contributed by atoms with E-state index in [1.165, 1.54) is 5.56 Å². The molecule has 0 saturated heterocycles. The van der Waals surface area contributed by atoms with Gasteiger partial charge in [0, 0.05) is 17.5 Å². The third-order valence-corrected chi connectivity index (χ3v) is 6.54. The van der Waals surface area contributed by atoms with Crippen molar-refractivity contribution in [2.75, 3.05) is 13.1 Å². The van der Waals surface area contributed by atoms with Crippen molar-refractivity contribution in [1.29, 1.82) is 0 Å². The number of fused-ring (bicyclic) bond motifs is 1. The summed E-state index contributed by atoms with van der Waals surface area (Å²) in [6.07, 6.45) is 2.93. The molecule has 30 heavy (non-hydrogen) atoms. The maximum atomic E-state index is 12.7. The highest BCUT2D eigenvalue weighted by Crippen LogP contribution is 2.38. The van der Waals surface area contributed by atoms with Gasteiger partial charge in [-0.1, -0.05) is 48.9 Å². The quantitative estimate of drug-likeness (QED) is 0.765. The normalized spacial score (nSPS) is 24.2.